The first-order valence-corrected chi connectivity index (χ1v) is 15.4. The maximum atomic E-state index is 13.0. The average molecular weight is 600 g/mol. The highest BCUT2D eigenvalue weighted by atomic mass is 35.5. The summed E-state index contributed by atoms with van der Waals surface area (Å²) < 4.78 is 63.1. The van der Waals surface area contributed by atoms with E-state index in [1.54, 1.807) is 12.1 Å². The van der Waals surface area contributed by atoms with Crippen LogP contribution in [0.25, 0.3) is 0 Å². The van der Waals surface area contributed by atoms with Crippen LogP contribution in [0.4, 0.5) is 13.2 Å². The minimum atomic E-state index is -5.34. The van der Waals surface area contributed by atoms with Gasteiger partial charge < -0.3 is 15.7 Å². The molecule has 3 fully saturated rings. The number of phenols is 1. The third kappa shape index (κ3) is 6.12. The molecule has 3 aliphatic rings. The first kappa shape index (κ1) is 29.2. The Morgan fingerprint density at radius 2 is 1.57 bits per heavy atom. The van der Waals surface area contributed by atoms with Gasteiger partial charge in [0, 0.05) is 48.6 Å². The number of alkyl halides is 3. The average Bonchev–Trinajstić information content (AvgIpc) is 2.91. The number of nitrogens with one attached hydrogen (secondary N) is 2. The summed E-state index contributed by atoms with van der Waals surface area (Å²) >= 11 is 6.17. The van der Waals surface area contributed by atoms with Crippen molar-refractivity contribution < 1.29 is 31.5 Å². The molecule has 0 bridgehead atoms. The van der Waals surface area contributed by atoms with E-state index in [-0.39, 0.29) is 79.9 Å². The number of fused-ring (bicyclic) bond motifs is 1. The molecule has 2 aromatic rings. The number of hydrogen-bond acceptors (Lipinski definition) is 5. The molecule has 1 amide bonds. The second kappa shape index (κ2) is 11.5. The number of hydrogen-bond donors (Lipinski definition) is 3. The Labute approximate surface area is 237 Å². The van der Waals surface area contributed by atoms with Gasteiger partial charge in [0.1, 0.15) is 5.75 Å². The molecule has 3 N–H and O–H groups in total. The fourth-order valence-corrected chi connectivity index (χ4v) is 7.88. The molecule has 2 saturated heterocycles. The Morgan fingerprint density at radius 1 is 0.975 bits per heavy atom. The molecule has 1 aliphatic carbocycles. The van der Waals surface area contributed by atoms with Crippen LogP contribution in [-0.4, -0.2) is 60.5 Å². The molecular formula is C28H33ClF3N3O4S. The Kier molecular flexibility index (Phi) is 8.39. The number of benzene rings is 2. The maximum absolute atomic E-state index is 13.0. The molecule has 5 unspecified atom stereocenters. The van der Waals surface area contributed by atoms with Crippen molar-refractivity contribution in [1.29, 1.82) is 0 Å². The van der Waals surface area contributed by atoms with E-state index in [0.29, 0.717) is 9.33 Å². The third-order valence-electron chi connectivity index (χ3n) is 8.70. The number of piperidine rings is 2. The monoisotopic (exact) mass is 599 g/mol. The Morgan fingerprint density at radius 3 is 2.17 bits per heavy atom. The van der Waals surface area contributed by atoms with Crippen LogP contribution in [0.3, 0.4) is 0 Å². The molecule has 0 spiro atoms. The summed E-state index contributed by atoms with van der Waals surface area (Å²) in [6.07, 6.45) is 3.25. The SMILES string of the molecule is O=C1CC(NC2CCN(S(=O)(=O)C(F)(F)F)CC2)C2CC(C(c3ccc(O)cc3)c3ccc(Cl)cc3)CCC2N1. The molecule has 2 aromatic carbocycles. The molecule has 0 radical (unpaired) electrons. The van der Waals surface area contributed by atoms with Gasteiger partial charge in [0.15, 0.2) is 0 Å². The van der Waals surface area contributed by atoms with Crippen molar-refractivity contribution in [3.8, 4) is 5.75 Å². The van der Waals surface area contributed by atoms with Gasteiger partial charge in [-0.25, -0.2) is 8.42 Å². The number of halogens is 4. The van der Waals surface area contributed by atoms with Gasteiger partial charge in [-0.05, 0) is 79.3 Å². The van der Waals surface area contributed by atoms with Gasteiger partial charge in [0.2, 0.25) is 5.91 Å². The van der Waals surface area contributed by atoms with Crippen molar-refractivity contribution in [2.24, 2.45) is 11.8 Å². The first-order chi connectivity index (χ1) is 18.9. The zero-order valence-corrected chi connectivity index (χ0v) is 23.4. The van der Waals surface area contributed by atoms with Crippen molar-refractivity contribution in [2.45, 2.75) is 68.1 Å². The minimum absolute atomic E-state index is 0.00798. The van der Waals surface area contributed by atoms with Gasteiger partial charge in [-0.15, -0.1) is 0 Å². The van der Waals surface area contributed by atoms with Gasteiger partial charge >= 0.3 is 15.5 Å². The van der Waals surface area contributed by atoms with E-state index in [1.807, 2.05) is 36.4 Å². The van der Waals surface area contributed by atoms with Crippen molar-refractivity contribution in [3.05, 3.63) is 64.7 Å². The van der Waals surface area contributed by atoms with Crippen LogP contribution in [0.2, 0.25) is 5.02 Å². The molecule has 7 nitrogen and oxygen atoms in total. The number of nitrogens with zero attached hydrogens (tertiary/aromatic N) is 1. The van der Waals surface area contributed by atoms with Crippen LogP contribution in [0.1, 0.15) is 55.6 Å². The summed E-state index contributed by atoms with van der Waals surface area (Å²) in [5.74, 6) is 0.538. The second-order valence-electron chi connectivity index (χ2n) is 11.1. The lowest BCUT2D eigenvalue weighted by Gasteiger charge is -2.47. The highest BCUT2D eigenvalue weighted by Crippen LogP contribution is 2.45. The zero-order chi connectivity index (χ0) is 28.7. The minimum Gasteiger partial charge on any atom is -0.508 e. The number of phenolic OH excluding ortho intramolecular Hbond substituents is 1. The predicted octanol–water partition coefficient (Wildman–Crippen LogP) is 4.75. The van der Waals surface area contributed by atoms with E-state index >= 15 is 0 Å². The molecule has 0 aromatic heterocycles. The standard InChI is InChI=1S/C28H33ClF3N3O4S/c29-20-6-1-17(2-7-20)27(18-3-8-22(36)9-4-18)19-5-10-24-23(15-19)25(16-26(37)34-24)33-21-11-13-35(14-12-21)40(38,39)28(30,31)32/h1-4,6-9,19,21,23-25,27,33,36H,5,10-16H2,(H,34,37). The van der Waals surface area contributed by atoms with Gasteiger partial charge in [0.25, 0.3) is 0 Å². The van der Waals surface area contributed by atoms with E-state index in [2.05, 4.69) is 10.6 Å². The quantitative estimate of drug-likeness (QED) is 0.445. The van der Waals surface area contributed by atoms with Crippen molar-refractivity contribution in [2.75, 3.05) is 13.1 Å². The highest BCUT2D eigenvalue weighted by molar-refractivity contribution is 7.90. The Bertz CT molecular complexity index is 1250. The first-order valence-electron chi connectivity index (χ1n) is 13.6. The number of rotatable bonds is 6. The van der Waals surface area contributed by atoms with Crippen LogP contribution in [0.15, 0.2) is 48.5 Å². The van der Waals surface area contributed by atoms with Crippen LogP contribution in [0.5, 0.6) is 5.75 Å². The fourth-order valence-electron chi connectivity index (χ4n) is 6.77. The third-order valence-corrected chi connectivity index (χ3v) is 10.6. The number of carbonyl (C=O) groups is 1. The van der Waals surface area contributed by atoms with Crippen LogP contribution in [-0.2, 0) is 14.8 Å². The summed E-state index contributed by atoms with van der Waals surface area (Å²) in [5.41, 5.74) is -3.12. The normalized spacial score (nSPS) is 27.6. The summed E-state index contributed by atoms with van der Waals surface area (Å²) in [5, 5.41) is 17.2. The summed E-state index contributed by atoms with van der Waals surface area (Å²) in [4.78, 5) is 12.6. The van der Waals surface area contributed by atoms with Gasteiger partial charge in [0.05, 0.1) is 0 Å². The molecule has 5 rings (SSSR count). The van der Waals surface area contributed by atoms with Crippen molar-refractivity contribution >= 4 is 27.5 Å². The Balaban J connectivity index is 1.33. The number of carbonyl (C=O) groups excluding carboxylic acids is 1. The number of sulfonamides is 1. The second-order valence-corrected chi connectivity index (χ2v) is 13.5. The van der Waals surface area contributed by atoms with Crippen LogP contribution < -0.4 is 10.6 Å². The largest absolute Gasteiger partial charge is 0.511 e. The molecule has 1 saturated carbocycles. The predicted molar refractivity (Wildman–Crippen MR) is 145 cm³/mol. The smallest absolute Gasteiger partial charge is 0.508 e. The lowest BCUT2D eigenvalue weighted by molar-refractivity contribution is -0.126. The summed E-state index contributed by atoms with van der Waals surface area (Å²) in [7, 11) is -5.34. The van der Waals surface area contributed by atoms with E-state index in [4.69, 9.17) is 11.6 Å². The van der Waals surface area contributed by atoms with E-state index in [9.17, 15) is 31.5 Å². The van der Waals surface area contributed by atoms with Gasteiger partial charge in [-0.2, -0.15) is 17.5 Å². The topological polar surface area (TPSA) is 98.7 Å². The van der Waals surface area contributed by atoms with Crippen molar-refractivity contribution in [1.82, 2.24) is 14.9 Å². The Hall–Kier alpha value is -2.34. The molecule has 5 atom stereocenters. The molecule has 218 valence electrons. The summed E-state index contributed by atoms with van der Waals surface area (Å²) in [6, 6.07) is 14.7. The highest BCUT2D eigenvalue weighted by Gasteiger charge is 2.51. The van der Waals surface area contributed by atoms with Gasteiger partial charge in [-0.3, -0.25) is 4.79 Å². The van der Waals surface area contributed by atoms with Crippen LogP contribution in [0, 0.1) is 11.8 Å². The summed E-state index contributed by atoms with van der Waals surface area (Å²) in [6.45, 7) is -0.427. The van der Waals surface area contributed by atoms with E-state index < -0.39 is 15.5 Å². The zero-order valence-electron chi connectivity index (χ0n) is 21.8. The lowest BCUT2D eigenvalue weighted by Crippen LogP contribution is -2.60. The number of amides is 1. The van der Waals surface area contributed by atoms with E-state index in [1.165, 1.54) is 0 Å². The maximum Gasteiger partial charge on any atom is 0.511 e. The molecule has 2 aliphatic heterocycles. The number of aromatic hydroxyl groups is 1. The fraction of sp³-hybridized carbons (Fsp3) is 0.536. The van der Waals surface area contributed by atoms with E-state index in [0.717, 1.165) is 30.4 Å². The molecule has 12 heteroatoms. The molecule has 40 heavy (non-hydrogen) atoms. The van der Waals surface area contributed by atoms with Gasteiger partial charge in [-0.1, -0.05) is 35.9 Å². The molecule has 2 heterocycles. The van der Waals surface area contributed by atoms with Crippen LogP contribution >= 0.6 is 11.6 Å². The molecular weight excluding hydrogens is 567 g/mol. The van der Waals surface area contributed by atoms with Crippen molar-refractivity contribution in [3.63, 3.8) is 0 Å². The lowest BCUT2D eigenvalue weighted by atomic mass is 9.65.